The van der Waals surface area contributed by atoms with Crippen molar-refractivity contribution in [1.82, 2.24) is 5.32 Å². The first-order valence-electron chi connectivity index (χ1n) is 4.87. The molecule has 0 saturated carbocycles. The van der Waals surface area contributed by atoms with Gasteiger partial charge in [0.15, 0.2) is 6.61 Å². The second-order valence-electron chi connectivity index (χ2n) is 3.35. The van der Waals surface area contributed by atoms with Gasteiger partial charge in [-0.15, -0.1) is 0 Å². The van der Waals surface area contributed by atoms with Crippen molar-refractivity contribution in [3.63, 3.8) is 0 Å². The van der Waals surface area contributed by atoms with Crippen LogP contribution in [0.15, 0.2) is 28.7 Å². The van der Waals surface area contributed by atoms with E-state index in [-0.39, 0.29) is 6.61 Å². The molecule has 17 heavy (non-hydrogen) atoms. The van der Waals surface area contributed by atoms with E-state index in [9.17, 15) is 14.7 Å². The minimum absolute atomic E-state index is 0.237. The van der Waals surface area contributed by atoms with E-state index in [1.807, 2.05) is 0 Å². The van der Waals surface area contributed by atoms with Crippen molar-refractivity contribution < 1.29 is 19.4 Å². The van der Waals surface area contributed by atoms with Gasteiger partial charge in [-0.1, -0.05) is 15.9 Å². The van der Waals surface area contributed by atoms with Gasteiger partial charge in [0, 0.05) is 4.47 Å². The summed E-state index contributed by atoms with van der Waals surface area (Å²) >= 11 is 3.27. The van der Waals surface area contributed by atoms with E-state index in [1.165, 1.54) is 6.92 Å². The first-order valence-corrected chi connectivity index (χ1v) is 5.67. The van der Waals surface area contributed by atoms with Crippen LogP contribution in [0.25, 0.3) is 0 Å². The molecule has 1 amide bonds. The van der Waals surface area contributed by atoms with Gasteiger partial charge >= 0.3 is 0 Å². The molecule has 5 nitrogen and oxygen atoms in total. The van der Waals surface area contributed by atoms with Crippen molar-refractivity contribution in [3.8, 4) is 5.75 Å². The average molecular weight is 301 g/mol. The van der Waals surface area contributed by atoms with Crippen LogP contribution in [0, 0.1) is 0 Å². The maximum Gasteiger partial charge on any atom is 0.258 e. The Balaban J connectivity index is 2.38. The lowest BCUT2D eigenvalue weighted by atomic mass is 10.3. The summed E-state index contributed by atoms with van der Waals surface area (Å²) in [5.41, 5.74) is 0. The van der Waals surface area contributed by atoms with Crippen molar-refractivity contribution in [2.24, 2.45) is 0 Å². The van der Waals surface area contributed by atoms with E-state index in [0.717, 1.165) is 4.47 Å². The molecule has 1 atom stereocenters. The van der Waals surface area contributed by atoms with Crippen molar-refractivity contribution in [3.05, 3.63) is 28.7 Å². The van der Waals surface area contributed by atoms with Gasteiger partial charge in [-0.3, -0.25) is 4.79 Å². The molecule has 1 aromatic carbocycles. The van der Waals surface area contributed by atoms with Crippen LogP contribution >= 0.6 is 15.9 Å². The van der Waals surface area contributed by atoms with Crippen LogP contribution in [-0.4, -0.2) is 24.5 Å². The fraction of sp³-hybridized carbons (Fsp3) is 0.273. The van der Waals surface area contributed by atoms with Gasteiger partial charge in [-0.25, -0.2) is 0 Å². The van der Waals surface area contributed by atoms with Gasteiger partial charge in [0.05, 0.1) is 12.0 Å². The summed E-state index contributed by atoms with van der Waals surface area (Å²) in [7, 11) is 0. The van der Waals surface area contributed by atoms with Gasteiger partial charge in [0.2, 0.25) is 0 Å². The summed E-state index contributed by atoms with van der Waals surface area (Å²) < 4.78 is 6.06. The largest absolute Gasteiger partial charge is 0.548 e. The second-order valence-corrected chi connectivity index (χ2v) is 4.27. The molecule has 0 aliphatic carbocycles. The number of carboxylic acid groups (broad SMARTS) is 1. The normalized spacial score (nSPS) is 11.6. The number of carbonyl (C=O) groups is 2. The number of amides is 1. The highest BCUT2D eigenvalue weighted by Gasteiger charge is 2.08. The molecule has 0 aliphatic rings. The summed E-state index contributed by atoms with van der Waals surface area (Å²) in [4.78, 5) is 21.6. The van der Waals surface area contributed by atoms with E-state index >= 15 is 0 Å². The lowest BCUT2D eigenvalue weighted by Crippen LogP contribution is -2.47. The Hall–Kier alpha value is -1.56. The molecule has 0 spiro atoms. The molecule has 0 bridgehead atoms. The Bertz CT molecular complexity index is 404. The van der Waals surface area contributed by atoms with Crippen LogP contribution in [0.1, 0.15) is 6.92 Å². The molecule has 0 heterocycles. The number of carboxylic acids is 1. The summed E-state index contributed by atoms with van der Waals surface area (Å²) in [6, 6.07) is 5.91. The molecule has 0 saturated heterocycles. The molecule has 0 fully saturated rings. The van der Waals surface area contributed by atoms with Gasteiger partial charge in [0.1, 0.15) is 5.75 Å². The van der Waals surface area contributed by atoms with Crippen LogP contribution in [0.2, 0.25) is 0 Å². The van der Waals surface area contributed by atoms with Gasteiger partial charge < -0.3 is 20.0 Å². The Labute approximate surface area is 107 Å². The van der Waals surface area contributed by atoms with Gasteiger partial charge in [-0.2, -0.15) is 0 Å². The number of carbonyl (C=O) groups excluding carboxylic acids is 2. The number of hydrogen-bond acceptors (Lipinski definition) is 4. The van der Waals surface area contributed by atoms with Crippen LogP contribution in [0.3, 0.4) is 0 Å². The summed E-state index contributed by atoms with van der Waals surface area (Å²) in [5, 5.41) is 12.6. The summed E-state index contributed by atoms with van der Waals surface area (Å²) in [5.74, 6) is -1.31. The molecule has 0 aliphatic heterocycles. The highest BCUT2D eigenvalue weighted by molar-refractivity contribution is 9.10. The summed E-state index contributed by atoms with van der Waals surface area (Å²) in [6.07, 6.45) is 0. The zero-order valence-electron chi connectivity index (χ0n) is 9.10. The first-order chi connectivity index (χ1) is 7.99. The van der Waals surface area contributed by atoms with Crippen molar-refractivity contribution in [2.45, 2.75) is 13.0 Å². The Morgan fingerprint density at radius 3 is 2.53 bits per heavy atom. The lowest BCUT2D eigenvalue weighted by molar-refractivity contribution is -0.307. The molecule has 0 radical (unpaired) electrons. The Morgan fingerprint density at radius 1 is 1.41 bits per heavy atom. The maximum absolute atomic E-state index is 11.3. The predicted octanol–water partition coefficient (Wildman–Crippen LogP) is 0.0825. The number of benzene rings is 1. The van der Waals surface area contributed by atoms with Gasteiger partial charge in [0.25, 0.3) is 5.91 Å². The van der Waals surface area contributed by atoms with Crippen molar-refractivity contribution in [2.75, 3.05) is 6.61 Å². The number of nitrogens with one attached hydrogen (secondary N) is 1. The zero-order chi connectivity index (χ0) is 12.8. The molecular formula is C11H11BrNO4-. The Morgan fingerprint density at radius 2 is 2.00 bits per heavy atom. The van der Waals surface area contributed by atoms with E-state index in [2.05, 4.69) is 21.2 Å². The molecule has 92 valence electrons. The monoisotopic (exact) mass is 300 g/mol. The SMILES string of the molecule is CC(NC(=O)COc1ccc(Br)cc1)C(=O)[O-]. The number of hydrogen-bond donors (Lipinski definition) is 1. The van der Waals surface area contributed by atoms with Crippen LogP contribution < -0.4 is 15.2 Å². The standard InChI is InChI=1S/C11H12BrNO4/c1-7(11(15)16)13-10(14)6-17-9-4-2-8(12)3-5-9/h2-5,7H,6H2,1H3,(H,13,14)(H,15,16)/p-1. The zero-order valence-corrected chi connectivity index (χ0v) is 10.7. The van der Waals surface area contributed by atoms with Crippen LogP contribution in [0.5, 0.6) is 5.75 Å². The highest BCUT2D eigenvalue weighted by atomic mass is 79.9. The lowest BCUT2D eigenvalue weighted by Gasteiger charge is -2.14. The molecule has 1 N–H and O–H groups in total. The number of ether oxygens (including phenoxy) is 1. The van der Waals surface area contributed by atoms with Crippen LogP contribution in [0.4, 0.5) is 0 Å². The second kappa shape index (κ2) is 6.24. The molecule has 1 unspecified atom stereocenters. The van der Waals surface area contributed by atoms with Crippen LogP contribution in [-0.2, 0) is 9.59 Å². The van der Waals surface area contributed by atoms with Crippen molar-refractivity contribution in [1.29, 1.82) is 0 Å². The maximum atomic E-state index is 11.3. The minimum Gasteiger partial charge on any atom is -0.548 e. The fourth-order valence-electron chi connectivity index (χ4n) is 1.02. The van der Waals surface area contributed by atoms with E-state index in [4.69, 9.17) is 4.74 Å². The number of rotatable bonds is 5. The average Bonchev–Trinajstić information content (AvgIpc) is 2.28. The molecule has 6 heteroatoms. The smallest absolute Gasteiger partial charge is 0.258 e. The Kier molecular flexibility index (Phi) is 4.96. The van der Waals surface area contributed by atoms with E-state index < -0.39 is 17.9 Å². The third-order valence-corrected chi connectivity index (χ3v) is 2.44. The van der Waals surface area contributed by atoms with E-state index in [1.54, 1.807) is 24.3 Å². The third kappa shape index (κ3) is 4.86. The fourth-order valence-corrected chi connectivity index (χ4v) is 1.29. The summed E-state index contributed by atoms with van der Waals surface area (Å²) in [6.45, 7) is 1.09. The first kappa shape index (κ1) is 13.5. The topological polar surface area (TPSA) is 78.5 Å². The molecular weight excluding hydrogens is 290 g/mol. The predicted molar refractivity (Wildman–Crippen MR) is 62.2 cm³/mol. The molecule has 1 aromatic rings. The third-order valence-electron chi connectivity index (χ3n) is 1.91. The van der Waals surface area contributed by atoms with E-state index in [0.29, 0.717) is 5.75 Å². The van der Waals surface area contributed by atoms with Gasteiger partial charge in [-0.05, 0) is 31.2 Å². The molecule has 1 rings (SSSR count). The number of aliphatic carboxylic acids is 1. The number of halogens is 1. The minimum atomic E-state index is -1.33. The molecule has 0 aromatic heterocycles. The van der Waals surface area contributed by atoms with Crippen molar-refractivity contribution >= 4 is 27.8 Å². The quantitative estimate of drug-likeness (QED) is 0.835. The highest BCUT2D eigenvalue weighted by Crippen LogP contribution is 2.15.